The van der Waals surface area contributed by atoms with E-state index in [1.54, 1.807) is 5.57 Å². The average Bonchev–Trinajstić information content (AvgIpc) is 2.89. The van der Waals surface area contributed by atoms with E-state index in [-0.39, 0.29) is 23.7 Å². The quantitative estimate of drug-likeness (QED) is 0.607. The average molecular weight is 368 g/mol. The lowest BCUT2D eigenvalue weighted by molar-refractivity contribution is -0.136. The first kappa shape index (κ1) is 17.7. The molecule has 0 unspecified atom stereocenters. The number of ketones is 1. The van der Waals surface area contributed by atoms with Crippen LogP contribution in [0.4, 0.5) is 0 Å². The van der Waals surface area contributed by atoms with Gasteiger partial charge in [-0.05, 0) is 68.1 Å². The molecule has 4 aliphatic carbocycles. The monoisotopic (exact) mass is 368 g/mol. The van der Waals surface area contributed by atoms with Gasteiger partial charge in [-0.2, -0.15) is 8.42 Å². The van der Waals surface area contributed by atoms with E-state index in [0.717, 1.165) is 19.3 Å². The summed E-state index contributed by atoms with van der Waals surface area (Å²) < 4.78 is 36.0. The maximum absolute atomic E-state index is 12.7. The number of allylic oxidation sites excluding steroid dienone is 2. The van der Waals surface area contributed by atoms with Crippen molar-refractivity contribution in [3.8, 4) is 0 Å². The van der Waals surface area contributed by atoms with Crippen molar-refractivity contribution >= 4 is 16.2 Å². The third-order valence-electron chi connectivity index (χ3n) is 7.93. The smallest absolute Gasteiger partial charge is 0.299 e. The van der Waals surface area contributed by atoms with Crippen molar-refractivity contribution in [1.82, 2.24) is 0 Å². The van der Waals surface area contributed by atoms with Gasteiger partial charge in [0.05, 0.1) is 12.0 Å². The lowest BCUT2D eigenvalue weighted by atomic mass is 9.48. The van der Waals surface area contributed by atoms with Gasteiger partial charge in [0.2, 0.25) is 0 Å². The Morgan fingerprint density at radius 2 is 2.00 bits per heavy atom. The number of rotatable bonds is 3. The van der Waals surface area contributed by atoms with Gasteiger partial charge in [0.15, 0.2) is 0 Å². The highest BCUT2D eigenvalue weighted by Crippen LogP contribution is 2.64. The lowest BCUT2D eigenvalue weighted by Crippen LogP contribution is -2.52. The summed E-state index contributed by atoms with van der Waals surface area (Å²) in [7, 11) is -4.52. The first-order valence-electron chi connectivity index (χ1n) is 9.61. The molecule has 0 spiro atoms. The fraction of sp³-hybridized carbons (Fsp3) is 0.842. The molecular weight excluding hydrogens is 340 g/mol. The van der Waals surface area contributed by atoms with Crippen LogP contribution < -0.4 is 0 Å². The minimum atomic E-state index is -4.52. The van der Waals surface area contributed by atoms with Gasteiger partial charge < -0.3 is 0 Å². The first-order chi connectivity index (χ1) is 11.8. The van der Waals surface area contributed by atoms with E-state index < -0.39 is 15.8 Å². The van der Waals surface area contributed by atoms with Crippen LogP contribution in [0.15, 0.2) is 11.6 Å². The van der Waals surface area contributed by atoms with Crippen LogP contribution in [0.1, 0.15) is 64.7 Å². The standard InChI is InChI=1S/C19H28O5S/c1-18-10-3-2-4-13(18)5-6-14-15(18)9-11-19(12-24-25(21,22)23)16(14)7-8-17(19)20/h5,14-16H,2-4,6-12H2,1H3,(H,21,22,23)/t14-,15+,16+,18+,19-/m1/s1. The molecular formula is C19H28O5S. The van der Waals surface area contributed by atoms with Gasteiger partial charge in [0.1, 0.15) is 5.78 Å². The van der Waals surface area contributed by atoms with Crippen molar-refractivity contribution in [2.45, 2.75) is 64.7 Å². The molecule has 5 atom stereocenters. The summed E-state index contributed by atoms with van der Waals surface area (Å²) in [4.78, 5) is 12.7. The molecule has 0 radical (unpaired) electrons. The number of fused-ring (bicyclic) bond motifs is 5. The van der Waals surface area contributed by atoms with Gasteiger partial charge in [-0.25, -0.2) is 4.18 Å². The van der Waals surface area contributed by atoms with Crippen LogP contribution in [0.5, 0.6) is 0 Å². The molecule has 0 saturated heterocycles. The number of hydrogen-bond acceptors (Lipinski definition) is 4. The van der Waals surface area contributed by atoms with E-state index in [2.05, 4.69) is 13.0 Å². The predicted molar refractivity (Wildman–Crippen MR) is 93.2 cm³/mol. The SMILES string of the molecule is C[C@]12CCCCC1=CC[C@H]1[C@@H]3CCC(=O)[C@@]3(COS(=O)(=O)O)CC[C@@H]12. The van der Waals surface area contributed by atoms with Crippen molar-refractivity contribution in [3.05, 3.63) is 11.6 Å². The van der Waals surface area contributed by atoms with Crippen molar-refractivity contribution in [1.29, 1.82) is 0 Å². The zero-order valence-corrected chi connectivity index (χ0v) is 15.7. The maximum Gasteiger partial charge on any atom is 0.397 e. The Labute approximate surface area is 150 Å². The molecule has 0 heterocycles. The van der Waals surface area contributed by atoms with E-state index in [9.17, 15) is 13.2 Å². The third-order valence-corrected chi connectivity index (χ3v) is 8.34. The second-order valence-electron chi connectivity index (χ2n) is 8.81. The minimum Gasteiger partial charge on any atom is -0.299 e. The Bertz CT molecular complexity index is 711. The summed E-state index contributed by atoms with van der Waals surface area (Å²) in [6, 6.07) is 0. The molecule has 1 N–H and O–H groups in total. The molecule has 0 bridgehead atoms. The zero-order chi connectivity index (χ0) is 17.9. The number of hydrogen-bond donors (Lipinski definition) is 1. The highest BCUT2D eigenvalue weighted by Gasteiger charge is 2.60. The van der Waals surface area contributed by atoms with E-state index >= 15 is 0 Å². The Kier molecular flexibility index (Phi) is 4.17. The van der Waals surface area contributed by atoms with Gasteiger partial charge >= 0.3 is 10.4 Å². The van der Waals surface area contributed by atoms with Gasteiger partial charge in [-0.15, -0.1) is 0 Å². The van der Waals surface area contributed by atoms with Crippen molar-refractivity contribution in [2.75, 3.05) is 6.61 Å². The van der Waals surface area contributed by atoms with Crippen LogP contribution in [-0.4, -0.2) is 25.4 Å². The van der Waals surface area contributed by atoms with Crippen LogP contribution in [0.3, 0.4) is 0 Å². The lowest BCUT2D eigenvalue weighted by Gasteiger charge is -2.56. The van der Waals surface area contributed by atoms with Crippen LogP contribution in [0, 0.1) is 28.6 Å². The molecule has 0 amide bonds. The summed E-state index contributed by atoms with van der Waals surface area (Å²) in [6.07, 6.45) is 11.4. The minimum absolute atomic E-state index is 0.128. The molecule has 0 aromatic heterocycles. The van der Waals surface area contributed by atoms with E-state index in [4.69, 9.17) is 8.74 Å². The fourth-order valence-electron chi connectivity index (χ4n) is 6.72. The molecule has 4 rings (SSSR count). The van der Waals surface area contributed by atoms with Crippen molar-refractivity contribution < 1.29 is 21.9 Å². The maximum atomic E-state index is 12.7. The predicted octanol–water partition coefficient (Wildman–Crippen LogP) is 3.71. The normalized spacial score (nSPS) is 43.8. The zero-order valence-electron chi connectivity index (χ0n) is 14.9. The van der Waals surface area contributed by atoms with Crippen molar-refractivity contribution in [3.63, 3.8) is 0 Å². The topological polar surface area (TPSA) is 80.7 Å². The van der Waals surface area contributed by atoms with Gasteiger partial charge in [0, 0.05) is 6.42 Å². The molecule has 140 valence electrons. The molecule has 6 heteroatoms. The van der Waals surface area contributed by atoms with E-state index in [0.29, 0.717) is 24.7 Å². The second kappa shape index (κ2) is 5.89. The Morgan fingerprint density at radius 1 is 1.20 bits per heavy atom. The molecule has 25 heavy (non-hydrogen) atoms. The number of carbonyl (C=O) groups excluding carboxylic acids is 1. The Morgan fingerprint density at radius 3 is 2.76 bits per heavy atom. The summed E-state index contributed by atoms with van der Waals surface area (Å²) in [5, 5.41) is 0. The molecule has 3 saturated carbocycles. The van der Waals surface area contributed by atoms with Crippen LogP contribution in [-0.2, 0) is 19.4 Å². The Hall–Kier alpha value is -0.720. The highest BCUT2D eigenvalue weighted by atomic mass is 32.3. The summed E-state index contributed by atoms with van der Waals surface area (Å²) in [6.45, 7) is 2.22. The van der Waals surface area contributed by atoms with Gasteiger partial charge in [-0.1, -0.05) is 25.0 Å². The van der Waals surface area contributed by atoms with Crippen LogP contribution in [0.2, 0.25) is 0 Å². The number of carbonyl (C=O) groups is 1. The van der Waals surface area contributed by atoms with Gasteiger partial charge in [0.25, 0.3) is 0 Å². The first-order valence-corrected chi connectivity index (χ1v) is 11.0. The van der Waals surface area contributed by atoms with Crippen molar-refractivity contribution in [2.24, 2.45) is 28.6 Å². The molecule has 3 fully saturated rings. The van der Waals surface area contributed by atoms with Crippen LogP contribution in [0.25, 0.3) is 0 Å². The van der Waals surface area contributed by atoms with E-state index in [1.807, 2.05) is 0 Å². The second-order valence-corrected chi connectivity index (χ2v) is 9.90. The highest BCUT2D eigenvalue weighted by molar-refractivity contribution is 7.80. The molecule has 0 aliphatic heterocycles. The molecule has 5 nitrogen and oxygen atoms in total. The third kappa shape index (κ3) is 2.72. The van der Waals surface area contributed by atoms with Crippen LogP contribution >= 0.6 is 0 Å². The fourth-order valence-corrected chi connectivity index (χ4v) is 7.08. The summed E-state index contributed by atoms with van der Waals surface area (Å²) >= 11 is 0. The summed E-state index contributed by atoms with van der Waals surface area (Å²) in [5.74, 6) is 1.32. The number of Topliss-reactive ketones (excluding diaryl/α,β-unsaturated/α-hetero) is 1. The van der Waals surface area contributed by atoms with E-state index in [1.165, 1.54) is 25.7 Å². The Balaban J connectivity index is 1.65. The molecule has 0 aromatic rings. The largest absolute Gasteiger partial charge is 0.397 e. The summed E-state index contributed by atoms with van der Waals surface area (Å²) in [5.41, 5.74) is 1.15. The van der Waals surface area contributed by atoms with Gasteiger partial charge in [-0.3, -0.25) is 9.35 Å². The molecule has 4 aliphatic rings. The molecule has 0 aromatic carbocycles.